The second kappa shape index (κ2) is 11.5. The zero-order chi connectivity index (χ0) is 22.2. The van der Waals surface area contributed by atoms with Crippen molar-refractivity contribution in [3.63, 3.8) is 0 Å². The molecule has 4 rings (SSSR count). The number of hydrogen-bond acceptors (Lipinski definition) is 5. The van der Waals surface area contributed by atoms with Crippen LogP contribution in [0, 0.1) is 0 Å². The molecule has 3 heterocycles. The third kappa shape index (κ3) is 6.31. The summed E-state index contributed by atoms with van der Waals surface area (Å²) < 4.78 is 0. The van der Waals surface area contributed by atoms with Gasteiger partial charge in [-0.15, -0.1) is 0 Å². The normalized spacial score (nSPS) is 19.0. The van der Waals surface area contributed by atoms with Crippen molar-refractivity contribution in [1.82, 2.24) is 15.3 Å². The Morgan fingerprint density at radius 2 is 1.75 bits per heavy atom. The topological polar surface area (TPSA) is 56.3 Å². The van der Waals surface area contributed by atoms with Gasteiger partial charge in [-0.05, 0) is 76.1 Å². The first-order valence-electron chi connectivity index (χ1n) is 12.2. The summed E-state index contributed by atoms with van der Waals surface area (Å²) in [5, 5.41) is 7.17. The molecule has 6 nitrogen and oxygen atoms in total. The summed E-state index contributed by atoms with van der Waals surface area (Å²) in [6.07, 6.45) is 9.55. The predicted octanol–water partition coefficient (Wildman–Crippen LogP) is 4.76. The zero-order valence-electron chi connectivity index (χ0n) is 19.2. The van der Waals surface area contributed by atoms with Crippen molar-refractivity contribution in [3.05, 3.63) is 42.0 Å². The number of anilines is 3. The summed E-state index contributed by atoms with van der Waals surface area (Å²) in [6.45, 7) is 6.30. The fraction of sp³-hybridized carbons (Fsp3) is 0.560. The number of thiocarbonyl (C=S) groups is 1. The molecule has 2 aliphatic rings. The molecule has 172 valence electrons. The maximum absolute atomic E-state index is 5.56. The van der Waals surface area contributed by atoms with Crippen LogP contribution in [0.5, 0.6) is 0 Å². The molecule has 1 aromatic carbocycles. The van der Waals surface area contributed by atoms with E-state index in [2.05, 4.69) is 63.8 Å². The highest BCUT2D eigenvalue weighted by Gasteiger charge is 2.23. The Kier molecular flexibility index (Phi) is 8.15. The van der Waals surface area contributed by atoms with E-state index in [1.54, 1.807) is 0 Å². The van der Waals surface area contributed by atoms with Crippen molar-refractivity contribution < 1.29 is 0 Å². The summed E-state index contributed by atoms with van der Waals surface area (Å²) in [5.74, 6) is 2.63. The molecule has 7 heteroatoms. The van der Waals surface area contributed by atoms with Gasteiger partial charge in [-0.25, -0.2) is 0 Å². The molecular weight excluding hydrogens is 416 g/mol. The fourth-order valence-corrected chi connectivity index (χ4v) is 4.83. The van der Waals surface area contributed by atoms with E-state index in [-0.39, 0.29) is 0 Å². The van der Waals surface area contributed by atoms with Gasteiger partial charge in [0.25, 0.3) is 0 Å². The number of nitrogens with one attached hydrogen (secondary N) is 2. The van der Waals surface area contributed by atoms with E-state index in [1.165, 1.54) is 44.1 Å². The molecule has 0 spiro atoms. The maximum Gasteiger partial charge on any atom is 0.232 e. The molecule has 0 amide bonds. The first-order valence-corrected chi connectivity index (χ1v) is 12.6. The molecule has 1 unspecified atom stereocenters. The minimum atomic E-state index is 0.503. The molecule has 32 heavy (non-hydrogen) atoms. The standard InChI is InChI=1S/C25H36N6S/c1-20-11-6-9-18-31(20)23-19-22(30-16-7-3-8-17-30)27-24(28-23)29-25(32)26-15-10-14-21-12-4-2-5-13-21/h2,4-5,12-13,19-20H,3,6-11,14-18H2,1H3,(H2,26,27,28,29,32). The van der Waals surface area contributed by atoms with Gasteiger partial charge < -0.3 is 20.4 Å². The largest absolute Gasteiger partial charge is 0.362 e. The van der Waals surface area contributed by atoms with Crippen LogP contribution < -0.4 is 20.4 Å². The molecule has 0 radical (unpaired) electrons. The van der Waals surface area contributed by atoms with Gasteiger partial charge in [0.15, 0.2) is 5.11 Å². The quantitative estimate of drug-likeness (QED) is 0.464. The average Bonchev–Trinajstić information content (AvgIpc) is 2.83. The number of nitrogens with zero attached hydrogens (tertiary/aromatic N) is 4. The zero-order valence-corrected chi connectivity index (χ0v) is 20.0. The summed E-state index contributed by atoms with van der Waals surface area (Å²) in [4.78, 5) is 14.5. The average molecular weight is 453 g/mol. The molecule has 1 aromatic heterocycles. The molecule has 0 saturated carbocycles. The van der Waals surface area contributed by atoms with Gasteiger partial charge in [0.1, 0.15) is 11.6 Å². The van der Waals surface area contributed by atoms with Crippen LogP contribution in [0.2, 0.25) is 0 Å². The van der Waals surface area contributed by atoms with Gasteiger partial charge in [0.2, 0.25) is 5.95 Å². The second-order valence-electron chi connectivity index (χ2n) is 8.96. The number of rotatable bonds is 7. The Balaban J connectivity index is 1.40. The lowest BCUT2D eigenvalue weighted by atomic mass is 10.0. The molecule has 2 fully saturated rings. The van der Waals surface area contributed by atoms with Crippen LogP contribution in [0.15, 0.2) is 36.4 Å². The minimum Gasteiger partial charge on any atom is -0.362 e. The van der Waals surface area contributed by atoms with E-state index in [1.807, 2.05) is 0 Å². The lowest BCUT2D eigenvalue weighted by molar-refractivity contribution is 0.481. The van der Waals surface area contributed by atoms with Crippen LogP contribution in [-0.4, -0.2) is 47.3 Å². The van der Waals surface area contributed by atoms with Gasteiger partial charge in [-0.2, -0.15) is 9.97 Å². The fourth-order valence-electron chi connectivity index (χ4n) is 4.63. The van der Waals surface area contributed by atoms with E-state index < -0.39 is 0 Å². The Bertz CT molecular complexity index is 868. The lowest BCUT2D eigenvalue weighted by Crippen LogP contribution is -2.39. The molecule has 2 N–H and O–H groups in total. The highest BCUT2D eigenvalue weighted by molar-refractivity contribution is 7.80. The number of piperidine rings is 2. The van der Waals surface area contributed by atoms with E-state index in [9.17, 15) is 0 Å². The summed E-state index contributed by atoms with van der Waals surface area (Å²) in [5.41, 5.74) is 1.35. The number of hydrogen-bond donors (Lipinski definition) is 2. The summed E-state index contributed by atoms with van der Waals surface area (Å²) in [6, 6.07) is 13.2. The summed E-state index contributed by atoms with van der Waals surface area (Å²) >= 11 is 5.56. The van der Waals surface area contributed by atoms with Crippen LogP contribution in [-0.2, 0) is 6.42 Å². The molecule has 0 aliphatic carbocycles. The van der Waals surface area contributed by atoms with Crippen LogP contribution in [0.1, 0.15) is 57.4 Å². The van der Waals surface area contributed by atoms with Crippen LogP contribution in [0.3, 0.4) is 0 Å². The van der Waals surface area contributed by atoms with Crippen molar-refractivity contribution in [2.45, 2.75) is 64.3 Å². The highest BCUT2D eigenvalue weighted by Crippen LogP contribution is 2.28. The Morgan fingerprint density at radius 1 is 1.00 bits per heavy atom. The maximum atomic E-state index is 5.56. The van der Waals surface area contributed by atoms with E-state index in [0.717, 1.165) is 50.7 Å². The van der Waals surface area contributed by atoms with E-state index in [0.29, 0.717) is 17.1 Å². The third-order valence-electron chi connectivity index (χ3n) is 6.47. The van der Waals surface area contributed by atoms with Gasteiger partial charge in [0.05, 0.1) is 0 Å². The van der Waals surface area contributed by atoms with Gasteiger partial charge in [-0.1, -0.05) is 30.3 Å². The molecule has 2 aromatic rings. The summed E-state index contributed by atoms with van der Waals surface area (Å²) in [7, 11) is 0. The van der Waals surface area contributed by atoms with Crippen LogP contribution in [0.4, 0.5) is 17.6 Å². The van der Waals surface area contributed by atoms with Crippen molar-refractivity contribution in [2.75, 3.05) is 41.3 Å². The minimum absolute atomic E-state index is 0.503. The van der Waals surface area contributed by atoms with Crippen molar-refractivity contribution in [3.8, 4) is 0 Å². The second-order valence-corrected chi connectivity index (χ2v) is 9.37. The highest BCUT2D eigenvalue weighted by atomic mass is 32.1. The van der Waals surface area contributed by atoms with Crippen molar-refractivity contribution in [1.29, 1.82) is 0 Å². The Labute approximate surface area is 197 Å². The molecule has 2 aliphatic heterocycles. The predicted molar refractivity (Wildman–Crippen MR) is 138 cm³/mol. The number of aryl methyl sites for hydroxylation is 1. The number of benzene rings is 1. The lowest BCUT2D eigenvalue weighted by Gasteiger charge is -2.35. The third-order valence-corrected chi connectivity index (χ3v) is 6.72. The SMILES string of the molecule is CC1CCCCN1c1cc(N2CCCCC2)nc(NC(=S)NCCCc2ccccc2)n1. The van der Waals surface area contributed by atoms with Gasteiger partial charge in [-0.3, -0.25) is 0 Å². The van der Waals surface area contributed by atoms with E-state index in [4.69, 9.17) is 22.2 Å². The molecular formula is C25H36N6S. The Hall–Kier alpha value is -2.41. The van der Waals surface area contributed by atoms with Crippen molar-refractivity contribution in [2.24, 2.45) is 0 Å². The first kappa shape index (κ1) is 22.8. The number of aromatic nitrogens is 2. The monoisotopic (exact) mass is 452 g/mol. The van der Waals surface area contributed by atoms with Crippen molar-refractivity contribution >= 4 is 34.9 Å². The van der Waals surface area contributed by atoms with Crippen LogP contribution in [0.25, 0.3) is 0 Å². The first-order chi connectivity index (χ1) is 15.7. The molecule has 1 atom stereocenters. The molecule has 2 saturated heterocycles. The Morgan fingerprint density at radius 3 is 2.53 bits per heavy atom. The van der Waals surface area contributed by atoms with Crippen LogP contribution >= 0.6 is 12.2 Å². The van der Waals surface area contributed by atoms with Gasteiger partial charge in [0, 0.05) is 38.3 Å². The molecule has 0 bridgehead atoms. The smallest absolute Gasteiger partial charge is 0.232 e. The van der Waals surface area contributed by atoms with Gasteiger partial charge >= 0.3 is 0 Å². The van der Waals surface area contributed by atoms with E-state index >= 15 is 0 Å².